The van der Waals surface area contributed by atoms with Crippen LogP contribution in [0.3, 0.4) is 0 Å². The zero-order valence-corrected chi connectivity index (χ0v) is 14.4. The third-order valence-corrected chi connectivity index (χ3v) is 4.77. The van der Waals surface area contributed by atoms with Crippen LogP contribution in [0.1, 0.15) is 11.7 Å². The van der Waals surface area contributed by atoms with Crippen LogP contribution in [-0.2, 0) is 10.0 Å². The molecule has 8 nitrogen and oxygen atoms in total. The Morgan fingerprint density at radius 1 is 1.00 bits per heavy atom. The largest absolute Gasteiger partial charge is 0.369 e. The first-order valence-electron chi connectivity index (χ1n) is 7.11. The lowest BCUT2D eigenvalue weighted by Gasteiger charge is -2.32. The molecule has 0 saturated heterocycles. The maximum absolute atomic E-state index is 11.4. The van der Waals surface area contributed by atoms with Gasteiger partial charge in [-0.15, -0.1) is 0 Å². The zero-order valence-electron chi connectivity index (χ0n) is 12.9. The van der Waals surface area contributed by atoms with Crippen molar-refractivity contribution in [3.63, 3.8) is 0 Å². The second-order valence-corrected chi connectivity index (χ2v) is 7.29. The Hall–Kier alpha value is -2.62. The zero-order chi connectivity index (χ0) is 18.2. The fourth-order valence-corrected chi connectivity index (χ4v) is 3.08. The Bertz CT molecular complexity index is 955. The number of rotatable bonds is 3. The van der Waals surface area contributed by atoms with E-state index in [1.54, 1.807) is 41.3 Å². The SMILES string of the molecule is NC1=N[C@@H](c2ccc(Cl)cc2)N(c2ccc(S(N)(=O)=O)cc2)C(N)=N1. The number of hydrogen-bond donors (Lipinski definition) is 3. The van der Waals surface area contributed by atoms with Crippen molar-refractivity contribution in [1.29, 1.82) is 0 Å². The van der Waals surface area contributed by atoms with E-state index in [-0.39, 0.29) is 16.8 Å². The Morgan fingerprint density at radius 3 is 2.16 bits per heavy atom. The number of benzene rings is 2. The van der Waals surface area contributed by atoms with Crippen LogP contribution >= 0.6 is 11.6 Å². The highest BCUT2D eigenvalue weighted by Gasteiger charge is 2.27. The van der Waals surface area contributed by atoms with Gasteiger partial charge in [0.2, 0.25) is 21.9 Å². The number of anilines is 1. The van der Waals surface area contributed by atoms with Gasteiger partial charge in [0.1, 0.15) is 0 Å². The lowest BCUT2D eigenvalue weighted by molar-refractivity contribution is 0.598. The van der Waals surface area contributed by atoms with E-state index < -0.39 is 16.2 Å². The van der Waals surface area contributed by atoms with Gasteiger partial charge in [0.05, 0.1) is 4.90 Å². The van der Waals surface area contributed by atoms with E-state index in [1.807, 2.05) is 0 Å². The number of aliphatic imine (C=N–C) groups is 2. The third kappa shape index (κ3) is 3.58. The van der Waals surface area contributed by atoms with Crippen molar-refractivity contribution < 1.29 is 8.42 Å². The van der Waals surface area contributed by atoms with E-state index in [2.05, 4.69) is 9.98 Å². The first kappa shape index (κ1) is 17.2. The molecule has 6 N–H and O–H groups in total. The van der Waals surface area contributed by atoms with Gasteiger partial charge in [0.15, 0.2) is 6.17 Å². The van der Waals surface area contributed by atoms with E-state index >= 15 is 0 Å². The second kappa shape index (κ2) is 6.36. The number of nitrogens with zero attached hydrogens (tertiary/aromatic N) is 3. The predicted molar refractivity (Wildman–Crippen MR) is 97.7 cm³/mol. The quantitative estimate of drug-likeness (QED) is 0.734. The standard InChI is InChI=1S/C15H15ClN6O2S/c16-10-3-1-9(2-4-10)13-20-14(17)21-15(18)22(13)11-5-7-12(8-6-11)25(19,23)24/h1-8,13H,(H2,19,23,24)(H4,17,18,20,21)/t13-/m1/s1. The van der Waals surface area contributed by atoms with Gasteiger partial charge in [-0.1, -0.05) is 23.7 Å². The van der Waals surface area contributed by atoms with E-state index in [4.69, 9.17) is 28.2 Å². The topological polar surface area (TPSA) is 140 Å². The van der Waals surface area contributed by atoms with Gasteiger partial charge in [-0.05, 0) is 42.0 Å². The monoisotopic (exact) mass is 378 g/mol. The summed E-state index contributed by atoms with van der Waals surface area (Å²) in [6.45, 7) is 0. The van der Waals surface area contributed by atoms with Crippen LogP contribution in [0.2, 0.25) is 5.02 Å². The van der Waals surface area contributed by atoms with Crippen LogP contribution in [-0.4, -0.2) is 20.3 Å². The first-order valence-corrected chi connectivity index (χ1v) is 9.03. The van der Waals surface area contributed by atoms with Crippen LogP contribution < -0.4 is 21.5 Å². The van der Waals surface area contributed by atoms with E-state index in [9.17, 15) is 8.42 Å². The van der Waals surface area contributed by atoms with Crippen molar-refractivity contribution in [3.05, 3.63) is 59.1 Å². The minimum absolute atomic E-state index is 0.00479. The Balaban J connectivity index is 2.04. The van der Waals surface area contributed by atoms with Crippen LogP contribution in [0, 0.1) is 0 Å². The van der Waals surface area contributed by atoms with Gasteiger partial charge in [-0.2, -0.15) is 4.99 Å². The molecule has 1 aliphatic rings. The molecule has 0 aliphatic carbocycles. The molecule has 0 amide bonds. The Labute approximate surface area is 149 Å². The van der Waals surface area contributed by atoms with Crippen LogP contribution in [0.15, 0.2) is 63.4 Å². The summed E-state index contributed by atoms with van der Waals surface area (Å²) in [5.74, 6) is 0.186. The van der Waals surface area contributed by atoms with Gasteiger partial charge >= 0.3 is 0 Å². The van der Waals surface area contributed by atoms with Crippen molar-refractivity contribution in [2.45, 2.75) is 11.1 Å². The highest BCUT2D eigenvalue weighted by molar-refractivity contribution is 7.89. The number of nitrogens with two attached hydrogens (primary N) is 3. The molecule has 2 aromatic carbocycles. The second-order valence-electron chi connectivity index (χ2n) is 5.29. The summed E-state index contributed by atoms with van der Waals surface area (Å²) in [4.78, 5) is 9.94. The maximum Gasteiger partial charge on any atom is 0.238 e. The highest BCUT2D eigenvalue weighted by Crippen LogP contribution is 2.31. The van der Waals surface area contributed by atoms with E-state index in [1.165, 1.54) is 12.1 Å². The predicted octanol–water partition coefficient (Wildman–Crippen LogP) is 1.14. The van der Waals surface area contributed by atoms with Crippen molar-refractivity contribution in [1.82, 2.24) is 0 Å². The molecule has 1 heterocycles. The van der Waals surface area contributed by atoms with Crippen LogP contribution in [0.5, 0.6) is 0 Å². The van der Waals surface area contributed by atoms with Crippen molar-refractivity contribution in [2.75, 3.05) is 4.90 Å². The molecule has 0 bridgehead atoms. The Kier molecular flexibility index (Phi) is 4.38. The summed E-state index contributed by atoms with van der Waals surface area (Å²) in [5.41, 5.74) is 13.1. The van der Waals surface area contributed by atoms with E-state index in [0.29, 0.717) is 10.7 Å². The number of primary sulfonamides is 1. The third-order valence-electron chi connectivity index (χ3n) is 3.59. The molecular formula is C15H15ClN6O2S. The number of sulfonamides is 1. The minimum Gasteiger partial charge on any atom is -0.369 e. The lowest BCUT2D eigenvalue weighted by atomic mass is 10.1. The fourth-order valence-electron chi connectivity index (χ4n) is 2.44. The van der Waals surface area contributed by atoms with Gasteiger partial charge in [-0.25, -0.2) is 18.5 Å². The summed E-state index contributed by atoms with van der Waals surface area (Å²) in [6.07, 6.45) is -0.560. The summed E-state index contributed by atoms with van der Waals surface area (Å²) in [7, 11) is -3.79. The van der Waals surface area contributed by atoms with Gasteiger partial charge in [-0.3, -0.25) is 4.90 Å². The van der Waals surface area contributed by atoms with Gasteiger partial charge < -0.3 is 11.5 Å². The van der Waals surface area contributed by atoms with Crippen molar-refractivity contribution >= 4 is 39.2 Å². The molecule has 0 spiro atoms. The molecular weight excluding hydrogens is 364 g/mol. The molecule has 1 atom stereocenters. The first-order chi connectivity index (χ1) is 11.8. The lowest BCUT2D eigenvalue weighted by Crippen LogP contribution is -2.44. The Morgan fingerprint density at radius 2 is 1.60 bits per heavy atom. The van der Waals surface area contributed by atoms with Crippen LogP contribution in [0.25, 0.3) is 0 Å². The number of halogens is 1. The molecule has 3 rings (SSSR count). The molecule has 0 fully saturated rings. The van der Waals surface area contributed by atoms with Crippen LogP contribution in [0.4, 0.5) is 5.69 Å². The minimum atomic E-state index is -3.79. The maximum atomic E-state index is 11.4. The highest BCUT2D eigenvalue weighted by atomic mass is 35.5. The molecule has 1 aliphatic heterocycles. The summed E-state index contributed by atoms with van der Waals surface area (Å²) < 4.78 is 22.8. The molecule has 0 radical (unpaired) electrons. The molecule has 130 valence electrons. The molecule has 10 heteroatoms. The van der Waals surface area contributed by atoms with Gasteiger partial charge in [0, 0.05) is 10.7 Å². The number of hydrogen-bond acceptors (Lipinski definition) is 7. The average molecular weight is 379 g/mol. The average Bonchev–Trinajstić information content (AvgIpc) is 2.54. The van der Waals surface area contributed by atoms with Crippen molar-refractivity contribution in [3.8, 4) is 0 Å². The van der Waals surface area contributed by atoms with Crippen molar-refractivity contribution in [2.24, 2.45) is 26.6 Å². The fraction of sp³-hybridized carbons (Fsp3) is 0.0667. The molecule has 25 heavy (non-hydrogen) atoms. The summed E-state index contributed by atoms with van der Waals surface area (Å²) >= 11 is 5.93. The molecule has 2 aromatic rings. The molecule has 0 saturated carbocycles. The molecule has 0 unspecified atom stereocenters. The normalized spacial score (nSPS) is 17.8. The summed E-state index contributed by atoms with van der Waals surface area (Å²) in [5, 5.41) is 5.71. The number of guanidine groups is 2. The molecule has 0 aromatic heterocycles. The smallest absolute Gasteiger partial charge is 0.238 e. The van der Waals surface area contributed by atoms with E-state index in [0.717, 1.165) is 5.56 Å². The van der Waals surface area contributed by atoms with Gasteiger partial charge in [0.25, 0.3) is 0 Å². The summed E-state index contributed by atoms with van der Waals surface area (Å²) in [6, 6.07) is 13.0.